The zero-order valence-corrected chi connectivity index (χ0v) is 18.2. The van der Waals surface area contributed by atoms with E-state index in [-0.39, 0.29) is 37.5 Å². The molecule has 0 spiro atoms. The first-order valence-electron chi connectivity index (χ1n) is 10.6. The van der Waals surface area contributed by atoms with Gasteiger partial charge in [-0.05, 0) is 23.1 Å². The molecule has 1 fully saturated rings. The molecule has 1 N–H and O–H groups in total. The van der Waals surface area contributed by atoms with E-state index < -0.39 is 29.9 Å². The maximum atomic E-state index is 12.9. The molecule has 0 saturated carbocycles. The predicted molar refractivity (Wildman–Crippen MR) is 117 cm³/mol. The van der Waals surface area contributed by atoms with Gasteiger partial charge in [-0.25, -0.2) is 4.79 Å². The Kier molecular flexibility index (Phi) is 6.53. The van der Waals surface area contributed by atoms with Crippen molar-refractivity contribution in [3.63, 3.8) is 0 Å². The van der Waals surface area contributed by atoms with Gasteiger partial charge in [-0.15, -0.1) is 0 Å². The number of hydrogen-bond acceptors (Lipinski definition) is 6. The molecule has 0 bridgehead atoms. The lowest BCUT2D eigenvalue weighted by Gasteiger charge is -2.43. The highest BCUT2D eigenvalue weighted by Gasteiger charge is 2.56. The minimum atomic E-state index is -0.756. The van der Waals surface area contributed by atoms with Crippen molar-refractivity contribution in [1.29, 1.82) is 0 Å². The van der Waals surface area contributed by atoms with E-state index in [1.54, 1.807) is 0 Å². The summed E-state index contributed by atoms with van der Waals surface area (Å²) in [6.07, 6.45) is 0.301. The van der Waals surface area contributed by atoms with Crippen molar-refractivity contribution in [2.24, 2.45) is 0 Å². The molecule has 33 heavy (non-hydrogen) atoms. The summed E-state index contributed by atoms with van der Waals surface area (Å²) >= 11 is 0. The molecule has 8 nitrogen and oxygen atoms in total. The van der Waals surface area contributed by atoms with Gasteiger partial charge in [0, 0.05) is 0 Å². The van der Waals surface area contributed by atoms with Crippen molar-refractivity contribution in [2.75, 3.05) is 7.11 Å². The van der Waals surface area contributed by atoms with E-state index in [9.17, 15) is 19.2 Å². The number of fused-ring (bicyclic) bond motifs is 1. The van der Waals surface area contributed by atoms with Crippen LogP contribution in [0.25, 0.3) is 0 Å². The Labute approximate surface area is 191 Å². The molecule has 2 aromatic carbocycles. The third kappa shape index (κ3) is 4.79. The molecule has 2 aliphatic heterocycles. The summed E-state index contributed by atoms with van der Waals surface area (Å²) in [6, 6.07) is 17.2. The number of amides is 2. The molecule has 0 unspecified atom stereocenters. The number of β-lactam (4-membered cyclic amide) rings is 1. The Morgan fingerprint density at radius 3 is 2.24 bits per heavy atom. The van der Waals surface area contributed by atoms with E-state index in [2.05, 4.69) is 5.32 Å². The second-order valence-corrected chi connectivity index (χ2v) is 7.95. The van der Waals surface area contributed by atoms with Gasteiger partial charge < -0.3 is 14.8 Å². The molecular weight excluding hydrogens is 424 g/mol. The van der Waals surface area contributed by atoms with Crippen LogP contribution in [-0.2, 0) is 41.7 Å². The first-order valence-corrected chi connectivity index (χ1v) is 10.6. The number of carbonyl (C=O) groups excluding carboxylic acids is 4. The van der Waals surface area contributed by atoms with Crippen molar-refractivity contribution in [1.82, 2.24) is 10.2 Å². The molecule has 0 aliphatic carbocycles. The molecule has 2 amide bonds. The average Bonchev–Trinajstić information content (AvgIpc) is 3.17. The van der Waals surface area contributed by atoms with Crippen LogP contribution < -0.4 is 5.32 Å². The maximum Gasteiger partial charge on any atom is 0.355 e. The normalized spacial score (nSPS) is 18.9. The van der Waals surface area contributed by atoms with Gasteiger partial charge in [0.1, 0.15) is 18.3 Å². The zero-order chi connectivity index (χ0) is 23.4. The van der Waals surface area contributed by atoms with Gasteiger partial charge in [0.05, 0.1) is 26.0 Å². The van der Waals surface area contributed by atoms with E-state index >= 15 is 0 Å². The summed E-state index contributed by atoms with van der Waals surface area (Å²) in [6.45, 7) is 0.0403. The highest BCUT2D eigenvalue weighted by Crippen LogP contribution is 2.40. The quantitative estimate of drug-likeness (QED) is 0.489. The third-order valence-electron chi connectivity index (χ3n) is 5.77. The van der Waals surface area contributed by atoms with Crippen LogP contribution >= 0.6 is 0 Å². The molecule has 2 aromatic rings. The van der Waals surface area contributed by atoms with Crippen LogP contribution in [0.5, 0.6) is 0 Å². The first-order chi connectivity index (χ1) is 16.0. The van der Waals surface area contributed by atoms with Crippen LogP contribution in [-0.4, -0.2) is 47.8 Å². The summed E-state index contributed by atoms with van der Waals surface area (Å²) < 4.78 is 10.2. The first kappa shape index (κ1) is 22.3. The maximum absolute atomic E-state index is 12.9. The van der Waals surface area contributed by atoms with Crippen molar-refractivity contribution < 1.29 is 28.7 Å². The van der Waals surface area contributed by atoms with Gasteiger partial charge in [-0.3, -0.25) is 19.3 Å². The number of ether oxygens (including phenoxy) is 2. The third-order valence-corrected chi connectivity index (χ3v) is 5.77. The molecule has 2 heterocycles. The van der Waals surface area contributed by atoms with Crippen molar-refractivity contribution in [3.8, 4) is 0 Å². The minimum absolute atomic E-state index is 0.0403. The summed E-state index contributed by atoms with van der Waals surface area (Å²) in [7, 11) is 1.26. The lowest BCUT2D eigenvalue weighted by atomic mass is 9.93. The number of hydrogen-bond donors (Lipinski definition) is 1. The molecule has 2 atom stereocenters. The van der Waals surface area contributed by atoms with E-state index in [0.29, 0.717) is 5.57 Å². The van der Waals surface area contributed by atoms with E-state index in [0.717, 1.165) is 11.1 Å². The Hall–Kier alpha value is -3.94. The van der Waals surface area contributed by atoms with Gasteiger partial charge in [0.2, 0.25) is 5.91 Å². The lowest BCUT2D eigenvalue weighted by Crippen LogP contribution is -2.68. The van der Waals surface area contributed by atoms with Crippen LogP contribution in [0, 0.1) is 0 Å². The number of nitrogens with one attached hydrogen (secondary N) is 1. The molecule has 170 valence electrons. The van der Waals surface area contributed by atoms with Crippen LogP contribution in [0.3, 0.4) is 0 Å². The second kappa shape index (κ2) is 9.68. The fourth-order valence-corrected chi connectivity index (χ4v) is 4.15. The number of carbonyl (C=O) groups is 4. The zero-order valence-electron chi connectivity index (χ0n) is 18.2. The van der Waals surface area contributed by atoms with Crippen LogP contribution in [0.15, 0.2) is 71.9 Å². The molecule has 0 radical (unpaired) electrons. The predicted octanol–water partition coefficient (Wildman–Crippen LogP) is 1.89. The van der Waals surface area contributed by atoms with Gasteiger partial charge in [0.25, 0.3) is 5.91 Å². The van der Waals surface area contributed by atoms with Crippen LogP contribution in [0.4, 0.5) is 0 Å². The molecule has 8 heteroatoms. The SMILES string of the molecule is COC(=O)CC1=C(C(=O)OCc2ccccc2)N2C(=O)[C@@H](NC(=O)Cc3ccccc3)[C@H]2C1. The largest absolute Gasteiger partial charge is 0.469 e. The van der Waals surface area contributed by atoms with E-state index in [1.165, 1.54) is 12.0 Å². The fraction of sp³-hybridized carbons (Fsp3) is 0.280. The van der Waals surface area contributed by atoms with Crippen molar-refractivity contribution >= 4 is 23.8 Å². The van der Waals surface area contributed by atoms with Gasteiger partial charge in [-0.2, -0.15) is 0 Å². The minimum Gasteiger partial charge on any atom is -0.469 e. The highest BCUT2D eigenvalue weighted by molar-refractivity contribution is 6.03. The van der Waals surface area contributed by atoms with Crippen molar-refractivity contribution in [2.45, 2.75) is 38.0 Å². The Balaban J connectivity index is 1.45. The molecule has 4 rings (SSSR count). The Bertz CT molecular complexity index is 1100. The smallest absolute Gasteiger partial charge is 0.355 e. The molecular formula is C25H24N2O6. The van der Waals surface area contributed by atoms with E-state index in [1.807, 2.05) is 60.7 Å². The summed E-state index contributed by atoms with van der Waals surface area (Å²) in [5.74, 6) is -1.87. The fourth-order valence-electron chi connectivity index (χ4n) is 4.15. The van der Waals surface area contributed by atoms with Crippen molar-refractivity contribution in [3.05, 3.63) is 83.1 Å². The van der Waals surface area contributed by atoms with E-state index in [4.69, 9.17) is 9.47 Å². The monoisotopic (exact) mass is 448 g/mol. The number of methoxy groups -OCH3 is 1. The molecule has 1 saturated heterocycles. The Morgan fingerprint density at radius 2 is 1.61 bits per heavy atom. The Morgan fingerprint density at radius 1 is 0.970 bits per heavy atom. The number of benzene rings is 2. The number of nitrogens with zero attached hydrogens (tertiary/aromatic N) is 1. The standard InChI is InChI=1S/C25H24N2O6/c1-32-21(29)14-18-13-19-22(26-20(28)12-16-8-4-2-5-9-16)24(30)27(19)23(18)25(31)33-15-17-10-6-3-7-11-17/h2-11,19,22H,12-15H2,1H3,(H,26,28)/t19-,22+/m1/s1. The molecule has 2 aliphatic rings. The van der Waals surface area contributed by atoms with Gasteiger partial charge in [0.15, 0.2) is 0 Å². The topological polar surface area (TPSA) is 102 Å². The second-order valence-electron chi connectivity index (χ2n) is 7.95. The van der Waals surface area contributed by atoms with Gasteiger partial charge >= 0.3 is 11.9 Å². The van der Waals surface area contributed by atoms with Gasteiger partial charge in [-0.1, -0.05) is 60.7 Å². The van der Waals surface area contributed by atoms with Crippen LogP contribution in [0.2, 0.25) is 0 Å². The summed E-state index contributed by atoms with van der Waals surface area (Å²) in [5, 5.41) is 2.77. The summed E-state index contributed by atoms with van der Waals surface area (Å²) in [4.78, 5) is 51.5. The lowest BCUT2D eigenvalue weighted by molar-refractivity contribution is -0.155. The summed E-state index contributed by atoms with van der Waals surface area (Å²) in [5.41, 5.74) is 2.18. The highest BCUT2D eigenvalue weighted by atomic mass is 16.5. The van der Waals surface area contributed by atoms with Crippen LogP contribution in [0.1, 0.15) is 24.0 Å². The number of esters is 2. The number of rotatable bonds is 8. The average molecular weight is 448 g/mol. The molecule has 0 aromatic heterocycles.